The fourth-order valence-electron chi connectivity index (χ4n) is 2.61. The van der Waals surface area contributed by atoms with Gasteiger partial charge in [-0.25, -0.2) is 0 Å². The topological polar surface area (TPSA) is 32.7 Å². The van der Waals surface area contributed by atoms with Crippen molar-refractivity contribution in [3.63, 3.8) is 0 Å². The van der Waals surface area contributed by atoms with Gasteiger partial charge in [-0.2, -0.15) is 0 Å². The summed E-state index contributed by atoms with van der Waals surface area (Å²) < 4.78 is 5.65. The van der Waals surface area contributed by atoms with E-state index in [0.29, 0.717) is 6.61 Å². The van der Waals surface area contributed by atoms with Gasteiger partial charge in [-0.05, 0) is 56.0 Å². The second-order valence-corrected chi connectivity index (χ2v) is 5.95. The third-order valence-corrected chi connectivity index (χ3v) is 4.12. The summed E-state index contributed by atoms with van der Waals surface area (Å²) in [5.74, 6) is 1.67. The molecule has 1 saturated heterocycles. The van der Waals surface area contributed by atoms with Crippen LogP contribution >= 0.6 is 0 Å². The van der Waals surface area contributed by atoms with Crippen LogP contribution in [-0.2, 0) is 6.42 Å². The number of likely N-dealkylation sites (tertiary alicyclic amines) is 1. The zero-order chi connectivity index (χ0) is 14.4. The van der Waals surface area contributed by atoms with Crippen molar-refractivity contribution in [3.05, 3.63) is 29.8 Å². The summed E-state index contributed by atoms with van der Waals surface area (Å²) in [7, 11) is 0. The van der Waals surface area contributed by atoms with Crippen molar-refractivity contribution in [1.82, 2.24) is 4.90 Å². The zero-order valence-electron chi connectivity index (χ0n) is 13.1. The Kier molecular flexibility index (Phi) is 8.09. The van der Waals surface area contributed by atoms with Crippen molar-refractivity contribution in [2.45, 2.75) is 39.2 Å². The molecule has 0 amide bonds. The number of ether oxygens (including phenoxy) is 1. The number of aliphatic hydroxyl groups is 1. The normalized spacial score (nSPS) is 18.0. The molecule has 3 nitrogen and oxygen atoms in total. The highest BCUT2D eigenvalue weighted by molar-refractivity contribution is 5.27. The quantitative estimate of drug-likeness (QED) is 0.784. The van der Waals surface area contributed by atoms with Crippen molar-refractivity contribution < 1.29 is 22.3 Å². The predicted molar refractivity (Wildman–Crippen MR) is 82.2 cm³/mol. The van der Waals surface area contributed by atoms with Gasteiger partial charge in [0.05, 0.1) is 0 Å². The van der Waals surface area contributed by atoms with Gasteiger partial charge in [0.15, 0.2) is 0 Å². The van der Waals surface area contributed by atoms with Gasteiger partial charge in [0, 0.05) is 6.54 Å². The summed E-state index contributed by atoms with van der Waals surface area (Å²) in [5.41, 5.74) is 1.31. The SMILES string of the molecule is CCc1ccc(OCC(O)CN2CCC(C)CC2)cc1.[Cl-]. The van der Waals surface area contributed by atoms with Crippen LogP contribution in [0.2, 0.25) is 0 Å². The lowest BCUT2D eigenvalue weighted by molar-refractivity contribution is -0.00000650. The molecule has 0 spiro atoms. The van der Waals surface area contributed by atoms with Crippen LogP contribution in [0.1, 0.15) is 32.3 Å². The van der Waals surface area contributed by atoms with Gasteiger partial charge in [0.2, 0.25) is 0 Å². The van der Waals surface area contributed by atoms with Gasteiger partial charge in [-0.15, -0.1) is 0 Å². The molecule has 1 aliphatic rings. The molecule has 0 radical (unpaired) electrons. The Balaban J connectivity index is 0.00000220. The van der Waals surface area contributed by atoms with E-state index in [4.69, 9.17) is 4.74 Å². The van der Waals surface area contributed by atoms with Crippen LogP contribution in [0.4, 0.5) is 0 Å². The van der Waals surface area contributed by atoms with Gasteiger partial charge >= 0.3 is 0 Å². The molecule has 1 atom stereocenters. The highest BCUT2D eigenvalue weighted by Gasteiger charge is 2.18. The molecule has 1 aromatic rings. The molecule has 0 bridgehead atoms. The molecular weight excluding hydrogens is 286 g/mol. The zero-order valence-corrected chi connectivity index (χ0v) is 13.9. The van der Waals surface area contributed by atoms with Crippen LogP contribution in [0.15, 0.2) is 24.3 Å². The van der Waals surface area contributed by atoms with Crippen LogP contribution in [-0.4, -0.2) is 42.4 Å². The smallest absolute Gasteiger partial charge is 0.119 e. The first kappa shape index (κ1) is 18.3. The summed E-state index contributed by atoms with van der Waals surface area (Å²) in [6.45, 7) is 7.74. The van der Waals surface area contributed by atoms with Gasteiger partial charge < -0.3 is 27.2 Å². The second-order valence-electron chi connectivity index (χ2n) is 5.95. The average molecular weight is 313 g/mol. The molecule has 4 heteroatoms. The minimum atomic E-state index is -0.408. The summed E-state index contributed by atoms with van der Waals surface area (Å²) in [6, 6.07) is 8.11. The molecule has 1 N–H and O–H groups in total. The van der Waals surface area contributed by atoms with Crippen molar-refractivity contribution in [2.75, 3.05) is 26.2 Å². The second kappa shape index (κ2) is 9.29. The lowest BCUT2D eigenvalue weighted by atomic mass is 9.99. The Morgan fingerprint density at radius 1 is 1.24 bits per heavy atom. The predicted octanol–water partition coefficient (Wildman–Crippen LogP) is -0.275. The number of benzene rings is 1. The maximum atomic E-state index is 10.1. The lowest BCUT2D eigenvalue weighted by Crippen LogP contribution is -3.00. The van der Waals surface area contributed by atoms with Crippen molar-refractivity contribution >= 4 is 0 Å². The Bertz CT molecular complexity index is 388. The summed E-state index contributed by atoms with van der Waals surface area (Å²) in [5, 5.41) is 10.1. The average Bonchev–Trinajstić information content (AvgIpc) is 2.48. The molecular formula is C17H27ClNO2-. The molecule has 0 aliphatic carbocycles. The minimum Gasteiger partial charge on any atom is -1.00 e. The van der Waals surface area contributed by atoms with E-state index in [1.54, 1.807) is 0 Å². The number of aryl methyl sites for hydroxylation is 1. The van der Waals surface area contributed by atoms with Gasteiger partial charge in [0.1, 0.15) is 18.5 Å². The van der Waals surface area contributed by atoms with Gasteiger partial charge in [-0.1, -0.05) is 26.0 Å². The van der Waals surface area contributed by atoms with E-state index in [-0.39, 0.29) is 12.4 Å². The number of aliphatic hydroxyl groups excluding tert-OH is 1. The Morgan fingerprint density at radius 3 is 2.43 bits per heavy atom. The number of halogens is 1. The van der Waals surface area contributed by atoms with Crippen LogP contribution in [0.5, 0.6) is 5.75 Å². The van der Waals surface area contributed by atoms with E-state index in [9.17, 15) is 5.11 Å². The number of rotatable bonds is 6. The fourth-order valence-corrected chi connectivity index (χ4v) is 2.61. The molecule has 1 fully saturated rings. The van der Waals surface area contributed by atoms with Crippen LogP contribution in [0, 0.1) is 5.92 Å². The van der Waals surface area contributed by atoms with E-state index in [1.807, 2.05) is 12.1 Å². The number of nitrogens with zero attached hydrogens (tertiary/aromatic N) is 1. The molecule has 0 aromatic heterocycles. The first-order chi connectivity index (χ1) is 9.67. The monoisotopic (exact) mass is 312 g/mol. The molecule has 1 heterocycles. The molecule has 1 unspecified atom stereocenters. The third-order valence-electron chi connectivity index (χ3n) is 4.12. The Hall–Kier alpha value is -0.770. The van der Waals surface area contributed by atoms with Gasteiger partial charge in [-0.3, -0.25) is 0 Å². The van der Waals surface area contributed by atoms with Crippen molar-refractivity contribution in [2.24, 2.45) is 5.92 Å². The molecule has 0 saturated carbocycles. The number of hydrogen-bond donors (Lipinski definition) is 1. The fraction of sp³-hybridized carbons (Fsp3) is 0.647. The largest absolute Gasteiger partial charge is 1.00 e. The van der Waals surface area contributed by atoms with Crippen molar-refractivity contribution in [1.29, 1.82) is 0 Å². The maximum Gasteiger partial charge on any atom is 0.119 e. The standard InChI is InChI=1S/C17H27NO2.ClH/c1-3-15-4-6-17(7-5-15)20-13-16(19)12-18-10-8-14(2)9-11-18;/h4-7,14,16,19H,3,8-13H2,1-2H3;1H/p-1. The lowest BCUT2D eigenvalue weighted by Gasteiger charge is -2.31. The number of β-amino-alcohol motifs (C(OH)–C–C–N with tert-alkyl or cyclic N) is 1. The highest BCUT2D eigenvalue weighted by Crippen LogP contribution is 2.16. The first-order valence-corrected chi connectivity index (χ1v) is 7.79. The Labute approximate surface area is 134 Å². The molecule has 120 valence electrons. The van der Waals surface area contributed by atoms with E-state index in [2.05, 4.69) is 30.9 Å². The van der Waals surface area contributed by atoms with Gasteiger partial charge in [0.25, 0.3) is 0 Å². The van der Waals surface area contributed by atoms with Crippen LogP contribution < -0.4 is 17.1 Å². The minimum absolute atomic E-state index is 0. The van der Waals surface area contributed by atoms with Crippen molar-refractivity contribution in [3.8, 4) is 5.75 Å². The van der Waals surface area contributed by atoms with Crippen LogP contribution in [0.3, 0.4) is 0 Å². The molecule has 1 aromatic carbocycles. The third kappa shape index (κ3) is 6.25. The van der Waals surface area contributed by atoms with E-state index in [0.717, 1.165) is 37.7 Å². The number of piperidine rings is 1. The first-order valence-electron chi connectivity index (χ1n) is 7.79. The van der Waals surface area contributed by atoms with E-state index < -0.39 is 6.10 Å². The Morgan fingerprint density at radius 2 is 1.86 bits per heavy atom. The summed E-state index contributed by atoms with van der Waals surface area (Å²) in [4.78, 5) is 2.34. The molecule has 1 aliphatic heterocycles. The summed E-state index contributed by atoms with van der Waals surface area (Å²) >= 11 is 0. The molecule has 21 heavy (non-hydrogen) atoms. The van der Waals surface area contributed by atoms with E-state index in [1.165, 1.54) is 18.4 Å². The van der Waals surface area contributed by atoms with Crippen LogP contribution in [0.25, 0.3) is 0 Å². The maximum absolute atomic E-state index is 10.1. The number of hydrogen-bond acceptors (Lipinski definition) is 3. The van der Waals surface area contributed by atoms with E-state index >= 15 is 0 Å². The highest BCUT2D eigenvalue weighted by atomic mass is 35.5. The summed E-state index contributed by atoms with van der Waals surface area (Å²) in [6.07, 6.45) is 3.11. The molecule has 2 rings (SSSR count).